The molecule has 1 aromatic heterocycles. The molecule has 156 valence electrons. The maximum Gasteiger partial charge on any atom is 0.252 e. The largest absolute Gasteiger partial charge is 0.313 e. The van der Waals surface area contributed by atoms with Crippen LogP contribution in [0.4, 0.5) is 0 Å². The number of thiazole rings is 1. The number of hydrogen-bond acceptors (Lipinski definition) is 4. The van der Waals surface area contributed by atoms with Gasteiger partial charge in [-0.1, -0.05) is 47.7 Å². The summed E-state index contributed by atoms with van der Waals surface area (Å²) in [6.07, 6.45) is 3.05. The number of rotatable bonds is 5. The van der Waals surface area contributed by atoms with Crippen LogP contribution in [0.5, 0.6) is 0 Å². The number of sulfonamides is 1. The molecule has 2 heterocycles. The van der Waals surface area contributed by atoms with Gasteiger partial charge < -0.3 is 4.57 Å². The van der Waals surface area contributed by atoms with Gasteiger partial charge in [-0.25, -0.2) is 8.42 Å². The van der Waals surface area contributed by atoms with E-state index in [0.717, 1.165) is 10.2 Å². The molecule has 0 N–H and O–H groups in total. The summed E-state index contributed by atoms with van der Waals surface area (Å²) in [5, 5.41) is 0. The first-order valence-electron chi connectivity index (χ1n) is 9.84. The zero-order valence-corrected chi connectivity index (χ0v) is 18.1. The molecular weight excluding hydrogens is 418 g/mol. The van der Waals surface area contributed by atoms with Crippen molar-refractivity contribution in [3.05, 3.63) is 72.1 Å². The van der Waals surface area contributed by atoms with Crippen molar-refractivity contribution in [3.8, 4) is 0 Å². The van der Waals surface area contributed by atoms with Crippen LogP contribution in [0, 0.1) is 5.92 Å². The molecule has 0 saturated carbocycles. The molecule has 1 aliphatic rings. The summed E-state index contributed by atoms with van der Waals surface area (Å²) in [5.41, 5.74) is 1.01. The second kappa shape index (κ2) is 8.67. The van der Waals surface area contributed by atoms with Crippen LogP contribution in [-0.2, 0) is 21.4 Å². The number of carbonyl (C=O) groups excluding carboxylic acids is 1. The van der Waals surface area contributed by atoms with E-state index in [-0.39, 0.29) is 17.3 Å². The van der Waals surface area contributed by atoms with Crippen molar-refractivity contribution in [2.45, 2.75) is 24.3 Å². The maximum atomic E-state index is 13.0. The number of benzene rings is 2. The molecule has 1 fully saturated rings. The fourth-order valence-corrected chi connectivity index (χ4v) is 6.29. The molecule has 8 heteroatoms. The Labute approximate surface area is 179 Å². The van der Waals surface area contributed by atoms with Gasteiger partial charge in [0, 0.05) is 19.6 Å². The fraction of sp³-hybridized carbons (Fsp3) is 0.273. The fourth-order valence-electron chi connectivity index (χ4n) is 3.70. The van der Waals surface area contributed by atoms with E-state index < -0.39 is 15.9 Å². The van der Waals surface area contributed by atoms with Crippen LogP contribution in [0.3, 0.4) is 0 Å². The number of fused-ring (bicyclic) bond motifs is 1. The molecule has 0 spiro atoms. The van der Waals surface area contributed by atoms with Crippen LogP contribution in [-0.4, -0.2) is 36.3 Å². The van der Waals surface area contributed by atoms with Gasteiger partial charge in [0.25, 0.3) is 5.91 Å². The third-order valence-electron chi connectivity index (χ3n) is 5.22. The first kappa shape index (κ1) is 20.7. The number of hydrogen-bond donors (Lipinski definition) is 0. The number of piperidine rings is 1. The Morgan fingerprint density at radius 3 is 2.67 bits per heavy atom. The monoisotopic (exact) mass is 441 g/mol. The first-order chi connectivity index (χ1) is 14.5. The Kier molecular flexibility index (Phi) is 5.99. The second-order valence-corrected chi connectivity index (χ2v) is 10.2. The van der Waals surface area contributed by atoms with Gasteiger partial charge in [0.1, 0.15) is 0 Å². The third-order valence-corrected chi connectivity index (χ3v) is 8.16. The average Bonchev–Trinajstić information content (AvgIpc) is 3.12. The van der Waals surface area contributed by atoms with Gasteiger partial charge in [-0.15, -0.1) is 6.58 Å². The van der Waals surface area contributed by atoms with Gasteiger partial charge in [-0.05, 0) is 37.1 Å². The summed E-state index contributed by atoms with van der Waals surface area (Å²) in [4.78, 5) is 18.3. The van der Waals surface area contributed by atoms with E-state index in [1.54, 1.807) is 36.4 Å². The highest BCUT2D eigenvalue weighted by Gasteiger charge is 2.33. The van der Waals surface area contributed by atoms with Crippen molar-refractivity contribution < 1.29 is 13.2 Å². The van der Waals surface area contributed by atoms with E-state index in [1.165, 1.54) is 15.6 Å². The topological polar surface area (TPSA) is 71.7 Å². The van der Waals surface area contributed by atoms with Crippen molar-refractivity contribution >= 4 is 37.5 Å². The van der Waals surface area contributed by atoms with Crippen molar-refractivity contribution in [2.75, 3.05) is 13.1 Å². The number of nitrogens with zero attached hydrogens (tertiary/aromatic N) is 3. The minimum atomic E-state index is -3.62. The predicted molar refractivity (Wildman–Crippen MR) is 119 cm³/mol. The SMILES string of the molecule is C=CCn1c(=NC(=O)C2CCCN(S(=O)(=O)c3ccccc3)C2)sc2ccccc21. The number of amides is 1. The van der Waals surface area contributed by atoms with E-state index in [4.69, 9.17) is 0 Å². The molecule has 6 nitrogen and oxygen atoms in total. The summed E-state index contributed by atoms with van der Waals surface area (Å²) < 4.78 is 30.3. The highest BCUT2D eigenvalue weighted by atomic mass is 32.2. The lowest BCUT2D eigenvalue weighted by molar-refractivity contribution is -0.122. The third kappa shape index (κ3) is 4.03. The normalized spacial score (nSPS) is 18.5. The second-order valence-electron chi connectivity index (χ2n) is 7.22. The first-order valence-corrected chi connectivity index (χ1v) is 12.1. The van der Waals surface area contributed by atoms with Gasteiger partial charge in [-0.3, -0.25) is 4.79 Å². The van der Waals surface area contributed by atoms with E-state index in [2.05, 4.69) is 11.6 Å². The van der Waals surface area contributed by atoms with E-state index in [1.807, 2.05) is 28.8 Å². The standard InChI is InChI=1S/C22H23N3O3S2/c1-2-14-25-19-12-6-7-13-20(19)29-22(25)23-21(26)17-9-8-15-24(16-17)30(27,28)18-10-4-3-5-11-18/h2-7,10-13,17H,1,8-9,14-16H2. The Morgan fingerprint density at radius 2 is 1.90 bits per heavy atom. The smallest absolute Gasteiger partial charge is 0.252 e. The molecule has 30 heavy (non-hydrogen) atoms. The highest BCUT2D eigenvalue weighted by molar-refractivity contribution is 7.89. The van der Waals surface area contributed by atoms with E-state index in [0.29, 0.717) is 30.7 Å². The molecule has 1 amide bonds. The van der Waals surface area contributed by atoms with E-state index >= 15 is 0 Å². The summed E-state index contributed by atoms with van der Waals surface area (Å²) in [5.74, 6) is -0.716. The van der Waals surface area contributed by atoms with Gasteiger partial charge >= 0.3 is 0 Å². The number of carbonyl (C=O) groups is 1. The summed E-state index contributed by atoms with van der Waals surface area (Å²) in [7, 11) is -3.62. The highest BCUT2D eigenvalue weighted by Crippen LogP contribution is 2.24. The van der Waals surface area contributed by atoms with Crippen molar-refractivity contribution in [1.82, 2.24) is 8.87 Å². The average molecular weight is 442 g/mol. The Balaban J connectivity index is 1.62. The minimum absolute atomic E-state index is 0.159. The van der Waals surface area contributed by atoms with Crippen LogP contribution in [0.25, 0.3) is 10.2 Å². The number of allylic oxidation sites excluding steroid dienone is 1. The Morgan fingerprint density at radius 1 is 1.17 bits per heavy atom. The van der Waals surface area contributed by atoms with Crippen LogP contribution < -0.4 is 4.80 Å². The molecule has 1 atom stereocenters. The van der Waals surface area contributed by atoms with Crippen molar-refractivity contribution in [3.63, 3.8) is 0 Å². The summed E-state index contributed by atoms with van der Waals surface area (Å²) in [6.45, 7) is 4.93. The quantitative estimate of drug-likeness (QED) is 0.570. The van der Waals surface area contributed by atoms with Crippen LogP contribution in [0.1, 0.15) is 12.8 Å². The van der Waals surface area contributed by atoms with Crippen LogP contribution >= 0.6 is 11.3 Å². The lowest BCUT2D eigenvalue weighted by Crippen LogP contribution is -2.42. The molecule has 3 aromatic rings. The van der Waals surface area contributed by atoms with Crippen LogP contribution in [0.2, 0.25) is 0 Å². The van der Waals surface area contributed by atoms with Crippen molar-refractivity contribution in [1.29, 1.82) is 0 Å². The van der Waals surface area contributed by atoms with Gasteiger partial charge in [0.15, 0.2) is 4.80 Å². The van der Waals surface area contributed by atoms with Crippen molar-refractivity contribution in [2.24, 2.45) is 10.9 Å². The van der Waals surface area contributed by atoms with Gasteiger partial charge in [0.2, 0.25) is 10.0 Å². The molecule has 4 rings (SSSR count). The molecule has 0 aliphatic carbocycles. The number of aromatic nitrogens is 1. The van der Waals surface area contributed by atoms with Gasteiger partial charge in [-0.2, -0.15) is 9.30 Å². The number of para-hydroxylation sites is 1. The molecular formula is C22H23N3O3S2. The lowest BCUT2D eigenvalue weighted by Gasteiger charge is -2.30. The molecule has 0 radical (unpaired) electrons. The predicted octanol–water partition coefficient (Wildman–Crippen LogP) is 3.42. The lowest BCUT2D eigenvalue weighted by atomic mass is 9.99. The minimum Gasteiger partial charge on any atom is -0.313 e. The molecule has 1 saturated heterocycles. The zero-order chi connectivity index (χ0) is 21.1. The molecule has 2 aromatic carbocycles. The van der Waals surface area contributed by atoms with E-state index in [9.17, 15) is 13.2 Å². The van der Waals surface area contributed by atoms with Gasteiger partial charge in [0.05, 0.1) is 21.0 Å². The molecule has 1 aliphatic heterocycles. The summed E-state index contributed by atoms with van der Waals surface area (Å²) in [6, 6.07) is 16.3. The Hall–Kier alpha value is -2.55. The summed E-state index contributed by atoms with van der Waals surface area (Å²) >= 11 is 1.46. The Bertz CT molecular complexity index is 1240. The molecule has 1 unspecified atom stereocenters. The maximum absolute atomic E-state index is 13.0. The van der Waals surface area contributed by atoms with Crippen LogP contribution in [0.15, 0.2) is 77.1 Å². The molecule has 0 bridgehead atoms. The zero-order valence-electron chi connectivity index (χ0n) is 16.5.